The SMILES string of the molecule is O=C(O)CCCCC=NNc1ccc(Cl)cc1. The maximum atomic E-state index is 10.2. The summed E-state index contributed by atoms with van der Waals surface area (Å²) in [5.41, 5.74) is 3.74. The number of carbonyl (C=O) groups is 1. The molecule has 0 heterocycles. The van der Waals surface area contributed by atoms with Gasteiger partial charge in [0, 0.05) is 17.7 Å². The molecule has 5 heteroatoms. The molecule has 0 aliphatic rings. The van der Waals surface area contributed by atoms with Crippen LogP contribution < -0.4 is 5.43 Å². The number of nitrogens with one attached hydrogen (secondary N) is 1. The van der Waals surface area contributed by atoms with Crippen molar-refractivity contribution >= 4 is 29.5 Å². The van der Waals surface area contributed by atoms with Crippen molar-refractivity contribution < 1.29 is 9.90 Å². The molecule has 0 saturated carbocycles. The van der Waals surface area contributed by atoms with E-state index in [-0.39, 0.29) is 6.42 Å². The minimum absolute atomic E-state index is 0.221. The number of anilines is 1. The Bertz CT molecular complexity index is 377. The Balaban J connectivity index is 2.13. The lowest BCUT2D eigenvalue weighted by Gasteiger charge is -1.99. The Morgan fingerprint density at radius 3 is 2.71 bits per heavy atom. The van der Waals surface area contributed by atoms with Crippen molar-refractivity contribution in [2.24, 2.45) is 5.10 Å². The molecule has 0 aliphatic carbocycles. The summed E-state index contributed by atoms with van der Waals surface area (Å²) in [7, 11) is 0. The van der Waals surface area contributed by atoms with Crippen molar-refractivity contribution in [2.75, 3.05) is 5.43 Å². The highest BCUT2D eigenvalue weighted by atomic mass is 35.5. The molecular weight excluding hydrogens is 240 g/mol. The summed E-state index contributed by atoms with van der Waals surface area (Å²) in [5.74, 6) is -0.749. The number of benzene rings is 1. The van der Waals surface area contributed by atoms with Gasteiger partial charge in [0.15, 0.2) is 0 Å². The predicted octanol–water partition coefficient (Wildman–Crippen LogP) is 3.38. The van der Waals surface area contributed by atoms with Crippen LogP contribution >= 0.6 is 11.6 Å². The number of carboxylic acids is 1. The molecular formula is C12H15ClN2O2. The second-order valence-corrected chi connectivity index (χ2v) is 4.01. The first-order valence-electron chi connectivity index (χ1n) is 5.43. The van der Waals surface area contributed by atoms with Gasteiger partial charge in [0.05, 0.1) is 5.69 Å². The Labute approximate surface area is 105 Å². The summed E-state index contributed by atoms with van der Waals surface area (Å²) >= 11 is 5.74. The average molecular weight is 255 g/mol. The van der Waals surface area contributed by atoms with Crippen LogP contribution in [0, 0.1) is 0 Å². The molecule has 0 aromatic heterocycles. The Morgan fingerprint density at radius 1 is 1.35 bits per heavy atom. The summed E-state index contributed by atoms with van der Waals surface area (Å²) in [6.07, 6.45) is 4.25. The first kappa shape index (κ1) is 13.5. The van der Waals surface area contributed by atoms with Crippen molar-refractivity contribution in [3.8, 4) is 0 Å². The van der Waals surface area contributed by atoms with Gasteiger partial charge >= 0.3 is 5.97 Å². The topological polar surface area (TPSA) is 61.7 Å². The van der Waals surface area contributed by atoms with Crippen molar-refractivity contribution in [2.45, 2.75) is 25.7 Å². The van der Waals surface area contributed by atoms with Crippen LogP contribution in [-0.2, 0) is 4.79 Å². The third-order valence-electron chi connectivity index (χ3n) is 2.10. The largest absolute Gasteiger partial charge is 0.481 e. The summed E-state index contributed by atoms with van der Waals surface area (Å²) in [6, 6.07) is 7.24. The van der Waals surface area contributed by atoms with Crippen LogP contribution in [0.4, 0.5) is 5.69 Å². The fourth-order valence-corrected chi connectivity index (χ4v) is 1.35. The number of hydrazone groups is 1. The van der Waals surface area contributed by atoms with Crippen LogP contribution in [0.5, 0.6) is 0 Å². The summed E-state index contributed by atoms with van der Waals surface area (Å²) < 4.78 is 0. The monoisotopic (exact) mass is 254 g/mol. The lowest BCUT2D eigenvalue weighted by molar-refractivity contribution is -0.137. The van der Waals surface area contributed by atoms with Gasteiger partial charge in [0.1, 0.15) is 0 Å². The second-order valence-electron chi connectivity index (χ2n) is 3.57. The quantitative estimate of drug-likeness (QED) is 0.445. The maximum absolute atomic E-state index is 10.2. The number of nitrogens with zero attached hydrogens (tertiary/aromatic N) is 1. The number of hydrogen-bond acceptors (Lipinski definition) is 3. The maximum Gasteiger partial charge on any atom is 0.303 e. The Kier molecular flexibility index (Phi) is 6.10. The molecule has 1 aromatic rings. The third-order valence-corrected chi connectivity index (χ3v) is 2.36. The van der Waals surface area contributed by atoms with E-state index >= 15 is 0 Å². The number of rotatable bonds is 7. The zero-order valence-corrected chi connectivity index (χ0v) is 10.2. The van der Waals surface area contributed by atoms with Gasteiger partial charge in [0.2, 0.25) is 0 Å². The molecule has 1 aromatic carbocycles. The van der Waals surface area contributed by atoms with Gasteiger partial charge in [-0.1, -0.05) is 11.6 Å². The van der Waals surface area contributed by atoms with E-state index in [1.807, 2.05) is 12.1 Å². The van der Waals surface area contributed by atoms with E-state index in [9.17, 15) is 4.79 Å². The first-order valence-corrected chi connectivity index (χ1v) is 5.81. The standard InChI is InChI=1S/C12H15ClN2O2/c13-10-5-7-11(8-6-10)15-14-9-3-1-2-4-12(16)17/h5-9,15H,1-4H2,(H,16,17). The molecule has 92 valence electrons. The van der Waals surface area contributed by atoms with Crippen molar-refractivity contribution in [3.63, 3.8) is 0 Å². The molecule has 0 fully saturated rings. The van der Waals surface area contributed by atoms with Crippen LogP contribution in [0.3, 0.4) is 0 Å². The molecule has 2 N–H and O–H groups in total. The summed E-state index contributed by atoms with van der Waals surface area (Å²) in [6.45, 7) is 0. The Morgan fingerprint density at radius 2 is 2.06 bits per heavy atom. The lowest BCUT2D eigenvalue weighted by Crippen LogP contribution is -1.94. The van der Waals surface area contributed by atoms with E-state index in [0.29, 0.717) is 11.4 Å². The molecule has 0 unspecified atom stereocenters. The van der Waals surface area contributed by atoms with Crippen molar-refractivity contribution in [1.82, 2.24) is 0 Å². The van der Waals surface area contributed by atoms with Gasteiger partial charge in [-0.05, 0) is 43.5 Å². The van der Waals surface area contributed by atoms with E-state index in [1.54, 1.807) is 18.3 Å². The molecule has 0 aliphatic heterocycles. The van der Waals surface area contributed by atoms with Gasteiger partial charge < -0.3 is 5.11 Å². The van der Waals surface area contributed by atoms with Crippen molar-refractivity contribution in [3.05, 3.63) is 29.3 Å². The molecule has 4 nitrogen and oxygen atoms in total. The molecule has 0 amide bonds. The number of hydrogen-bond donors (Lipinski definition) is 2. The number of aliphatic carboxylic acids is 1. The van der Waals surface area contributed by atoms with E-state index in [4.69, 9.17) is 16.7 Å². The number of halogens is 1. The molecule has 1 rings (SSSR count). The fraction of sp³-hybridized carbons (Fsp3) is 0.333. The molecule has 0 saturated heterocycles. The normalized spacial score (nSPS) is 10.6. The number of unbranched alkanes of at least 4 members (excludes halogenated alkanes) is 2. The van der Waals surface area contributed by atoms with Crippen LogP contribution in [0.25, 0.3) is 0 Å². The molecule has 17 heavy (non-hydrogen) atoms. The highest BCUT2D eigenvalue weighted by molar-refractivity contribution is 6.30. The van der Waals surface area contributed by atoms with Crippen LogP contribution in [0.2, 0.25) is 5.02 Å². The van der Waals surface area contributed by atoms with Crippen LogP contribution in [-0.4, -0.2) is 17.3 Å². The summed E-state index contributed by atoms with van der Waals surface area (Å²) in [5, 5.41) is 13.1. The highest BCUT2D eigenvalue weighted by Gasteiger charge is 1.94. The van der Waals surface area contributed by atoms with Gasteiger partial charge in [-0.25, -0.2) is 0 Å². The molecule has 0 atom stereocenters. The molecule has 0 radical (unpaired) electrons. The minimum atomic E-state index is -0.749. The van der Waals surface area contributed by atoms with E-state index in [0.717, 1.165) is 18.5 Å². The van der Waals surface area contributed by atoms with Gasteiger partial charge in [0.25, 0.3) is 0 Å². The zero-order chi connectivity index (χ0) is 12.5. The smallest absolute Gasteiger partial charge is 0.303 e. The Hall–Kier alpha value is -1.55. The average Bonchev–Trinajstić information content (AvgIpc) is 2.30. The summed E-state index contributed by atoms with van der Waals surface area (Å²) in [4.78, 5) is 10.2. The highest BCUT2D eigenvalue weighted by Crippen LogP contribution is 2.13. The second kappa shape index (κ2) is 7.68. The fourth-order valence-electron chi connectivity index (χ4n) is 1.22. The van der Waals surface area contributed by atoms with Gasteiger partial charge in [-0.3, -0.25) is 10.2 Å². The van der Waals surface area contributed by atoms with Gasteiger partial charge in [-0.2, -0.15) is 5.10 Å². The number of carboxylic acid groups (broad SMARTS) is 1. The zero-order valence-electron chi connectivity index (χ0n) is 9.40. The lowest BCUT2D eigenvalue weighted by atomic mass is 10.2. The van der Waals surface area contributed by atoms with Crippen LogP contribution in [0.15, 0.2) is 29.4 Å². The van der Waals surface area contributed by atoms with E-state index < -0.39 is 5.97 Å². The minimum Gasteiger partial charge on any atom is -0.481 e. The third kappa shape index (κ3) is 6.58. The van der Waals surface area contributed by atoms with Gasteiger partial charge in [-0.15, -0.1) is 0 Å². The molecule has 0 bridgehead atoms. The van der Waals surface area contributed by atoms with Crippen molar-refractivity contribution in [1.29, 1.82) is 0 Å². The van der Waals surface area contributed by atoms with Crippen LogP contribution in [0.1, 0.15) is 25.7 Å². The first-order chi connectivity index (χ1) is 8.18. The van der Waals surface area contributed by atoms with E-state index in [1.165, 1.54) is 0 Å². The predicted molar refractivity (Wildman–Crippen MR) is 69.7 cm³/mol. The molecule has 0 spiro atoms. The van der Waals surface area contributed by atoms with E-state index in [2.05, 4.69) is 10.5 Å².